The molecule has 3 unspecified atom stereocenters. The zero-order valence-electron chi connectivity index (χ0n) is 16.2. The van der Waals surface area contributed by atoms with Crippen LogP contribution in [0.4, 0.5) is 10.5 Å². The fourth-order valence-corrected chi connectivity index (χ4v) is 34.2. The van der Waals surface area contributed by atoms with Gasteiger partial charge in [-0.05, 0) is 0 Å². The first kappa shape index (κ1) is 23.6. The van der Waals surface area contributed by atoms with Gasteiger partial charge in [0.05, 0.1) is 0 Å². The first-order valence-electron chi connectivity index (χ1n) is 9.18. The van der Waals surface area contributed by atoms with Gasteiger partial charge < -0.3 is 0 Å². The van der Waals surface area contributed by atoms with E-state index in [0.717, 1.165) is 0 Å². The molecule has 0 aromatic rings. The molecule has 0 aromatic carbocycles. The van der Waals surface area contributed by atoms with Crippen LogP contribution in [-0.4, -0.2) is 29.2 Å². The van der Waals surface area contributed by atoms with Gasteiger partial charge in [0.15, 0.2) is 0 Å². The van der Waals surface area contributed by atoms with Crippen LogP contribution in [0.5, 0.6) is 0 Å². The summed E-state index contributed by atoms with van der Waals surface area (Å²) in [6.45, 7) is 10.5. The molecule has 0 saturated carbocycles. The zero-order valence-corrected chi connectivity index (χ0v) is 20.7. The molecule has 8 heteroatoms. The zero-order chi connectivity index (χ0) is 19.3. The quantitative estimate of drug-likeness (QED) is 0.320. The van der Waals surface area contributed by atoms with Gasteiger partial charge in [-0.25, -0.2) is 0 Å². The van der Waals surface area contributed by atoms with Gasteiger partial charge in [-0.15, -0.1) is 0 Å². The Kier molecular flexibility index (Phi) is 8.67. The van der Waals surface area contributed by atoms with E-state index in [4.69, 9.17) is 8.44 Å². The molecule has 0 bridgehead atoms. The molecule has 1 aliphatic rings. The van der Waals surface area contributed by atoms with Crippen LogP contribution in [-0.2, 0) is 26.0 Å². The number of hydrogen-bond acceptors (Lipinski definition) is 3. The Morgan fingerprint density at radius 3 is 1.56 bits per heavy atom. The van der Waals surface area contributed by atoms with Crippen molar-refractivity contribution < 1.29 is 36.5 Å². The first-order valence-corrected chi connectivity index (χ1v) is 23.2. The number of hydrogen-bond donors (Lipinski definition) is 0. The standard InChI is InChI=1S/C5H5.3C4H9O.F3Ge.Zr/c1-2-4-5-3-1;3*1-3-4(2)5;1-4(2)3;/h1-3H,4H2;3*4H,3H2,1-2H3;;/q;3*-1;;+3. The average Bonchev–Trinajstić information content (AvgIpc) is 3.08. The van der Waals surface area contributed by atoms with Crippen molar-refractivity contribution in [3.63, 3.8) is 0 Å². The van der Waals surface area contributed by atoms with Crippen LogP contribution in [0.25, 0.3) is 0 Å². The van der Waals surface area contributed by atoms with E-state index >= 15 is 10.5 Å². The van der Waals surface area contributed by atoms with Crippen molar-refractivity contribution in [3.8, 4) is 0 Å². The van der Waals surface area contributed by atoms with E-state index in [2.05, 4.69) is 0 Å². The van der Waals surface area contributed by atoms with Gasteiger partial charge in [-0.2, -0.15) is 0 Å². The normalized spacial score (nSPS) is 20.7. The number of allylic oxidation sites excluding steroid dienone is 4. The Morgan fingerprint density at radius 1 is 0.920 bits per heavy atom. The van der Waals surface area contributed by atoms with E-state index in [1.807, 2.05) is 20.8 Å². The second-order valence-corrected chi connectivity index (χ2v) is 35.0. The minimum atomic E-state index is -7.07. The van der Waals surface area contributed by atoms with Crippen LogP contribution in [0.15, 0.2) is 21.5 Å². The SMILES string of the molecule is CCC(C)[O][Zr]([O]C(C)CC)([O]C(C)CC)([C]1=CC=CC1)[Ge]([F])([F])[F]. The van der Waals surface area contributed by atoms with Gasteiger partial charge in [0.25, 0.3) is 0 Å². The molecule has 1 aliphatic carbocycles. The number of halogens is 3. The maximum atomic E-state index is 15.0. The molecule has 0 saturated heterocycles. The summed E-state index contributed by atoms with van der Waals surface area (Å²) in [6, 6.07) is 0. The molecular formula is C17H32F3GeO3Zr. The van der Waals surface area contributed by atoms with Crippen molar-refractivity contribution in [3.05, 3.63) is 21.5 Å². The second kappa shape index (κ2) is 9.18. The Labute approximate surface area is 154 Å². The van der Waals surface area contributed by atoms with Gasteiger partial charge in [0, 0.05) is 0 Å². The third-order valence-corrected chi connectivity index (χ3v) is 37.5. The van der Waals surface area contributed by atoms with Crippen molar-refractivity contribution in [1.82, 2.24) is 0 Å². The van der Waals surface area contributed by atoms with Gasteiger partial charge in [0.2, 0.25) is 0 Å². The molecule has 147 valence electrons. The molecule has 0 aliphatic heterocycles. The average molecular weight is 505 g/mol. The summed E-state index contributed by atoms with van der Waals surface area (Å²) in [4.78, 5) is 0. The third kappa shape index (κ3) is 4.71. The minimum absolute atomic E-state index is 0.208. The molecule has 25 heavy (non-hydrogen) atoms. The van der Waals surface area contributed by atoms with Crippen molar-refractivity contribution in [2.45, 2.75) is 85.5 Å². The Balaban J connectivity index is 3.69. The maximum absolute atomic E-state index is 15.0. The Bertz CT molecular complexity index is 474. The van der Waals surface area contributed by atoms with Crippen molar-refractivity contribution in [2.24, 2.45) is 0 Å². The topological polar surface area (TPSA) is 27.7 Å². The fraction of sp³-hybridized carbons (Fsp3) is 0.765. The summed E-state index contributed by atoms with van der Waals surface area (Å²) in [7, 11) is -7.07. The molecule has 0 heterocycles. The Hall–Kier alpha value is 0.576. The summed E-state index contributed by atoms with van der Waals surface area (Å²) in [6.07, 6.45) is 4.90. The van der Waals surface area contributed by atoms with Crippen molar-refractivity contribution in [2.75, 3.05) is 0 Å². The molecule has 0 N–H and O–H groups in total. The van der Waals surface area contributed by atoms with Gasteiger partial charge in [0.1, 0.15) is 0 Å². The summed E-state index contributed by atoms with van der Waals surface area (Å²) in [5.41, 5.74) is 0. The molecule has 0 spiro atoms. The van der Waals surface area contributed by atoms with Crippen LogP contribution in [0.1, 0.15) is 67.2 Å². The summed E-state index contributed by atoms with van der Waals surface area (Å²) >= 11 is -6.58. The van der Waals surface area contributed by atoms with Crippen molar-refractivity contribution in [1.29, 1.82) is 0 Å². The molecule has 0 aromatic heterocycles. The predicted molar refractivity (Wildman–Crippen MR) is 93.4 cm³/mol. The van der Waals surface area contributed by atoms with E-state index in [0.29, 0.717) is 19.3 Å². The predicted octanol–water partition coefficient (Wildman–Crippen LogP) is 6.05. The van der Waals surface area contributed by atoms with Crippen LogP contribution in [0.2, 0.25) is 0 Å². The van der Waals surface area contributed by atoms with Gasteiger partial charge in [-0.3, -0.25) is 0 Å². The Morgan fingerprint density at radius 2 is 1.32 bits per heavy atom. The van der Waals surface area contributed by atoms with Gasteiger partial charge >= 0.3 is 154 Å². The van der Waals surface area contributed by atoms with E-state index < -0.39 is 46.8 Å². The molecule has 0 amide bonds. The molecule has 3 atom stereocenters. The third-order valence-electron chi connectivity index (χ3n) is 4.78. The van der Waals surface area contributed by atoms with Crippen LogP contribution in [0.3, 0.4) is 0 Å². The molecule has 0 fully saturated rings. The summed E-state index contributed by atoms with van der Waals surface area (Å²) in [5.74, 6) is 0. The summed E-state index contributed by atoms with van der Waals surface area (Å²) in [5, 5.41) is 0. The summed E-state index contributed by atoms with van der Waals surface area (Å²) < 4.78 is 63.2. The van der Waals surface area contributed by atoms with Crippen molar-refractivity contribution >= 4 is 10.9 Å². The van der Waals surface area contributed by atoms with E-state index in [1.54, 1.807) is 32.9 Å². The van der Waals surface area contributed by atoms with E-state index in [9.17, 15) is 0 Å². The van der Waals surface area contributed by atoms with Gasteiger partial charge in [-0.1, -0.05) is 0 Å². The number of rotatable bonds is 11. The van der Waals surface area contributed by atoms with E-state index in [1.165, 1.54) is 6.08 Å². The van der Waals surface area contributed by atoms with Crippen LogP contribution >= 0.6 is 0 Å². The molecular weight excluding hydrogens is 473 g/mol. The monoisotopic (exact) mass is 505 g/mol. The second-order valence-electron chi connectivity index (χ2n) is 6.82. The van der Waals surface area contributed by atoms with E-state index in [-0.39, 0.29) is 9.70 Å². The first-order chi connectivity index (χ1) is 11.5. The van der Waals surface area contributed by atoms with Crippen LogP contribution < -0.4 is 0 Å². The molecule has 3 nitrogen and oxygen atoms in total. The van der Waals surface area contributed by atoms with Crippen LogP contribution in [0, 0.1) is 0 Å². The molecule has 0 radical (unpaired) electrons. The molecule has 1 rings (SSSR count). The fourth-order valence-electron chi connectivity index (χ4n) is 2.81.